The number of hydrogen-bond acceptors (Lipinski definition) is 3. The molecular weight excluding hydrogens is 605 g/mol. The first kappa shape index (κ1) is 26.5. The molecule has 4 heteroatoms. The summed E-state index contributed by atoms with van der Waals surface area (Å²) in [6.07, 6.45) is 10.9. The molecule has 0 radical (unpaired) electrons. The van der Waals surface area contributed by atoms with Gasteiger partial charge in [-0.3, -0.25) is 0 Å². The summed E-state index contributed by atoms with van der Waals surface area (Å²) in [4.78, 5) is 2.64. The van der Waals surface area contributed by atoms with Crippen molar-refractivity contribution in [3.63, 3.8) is 0 Å². The number of benzene rings is 5. The van der Waals surface area contributed by atoms with Gasteiger partial charge in [-0.1, -0.05) is 97.1 Å². The normalized spacial score (nSPS) is 20.0. The molecule has 2 unspecified atom stereocenters. The minimum Gasteiger partial charge on any atom is -0.455 e. The molecule has 1 spiro atoms. The number of fused-ring (bicyclic) bond motifs is 10. The Morgan fingerprint density at radius 3 is 2.50 bits per heavy atom. The highest BCUT2D eigenvalue weighted by molar-refractivity contribution is 7.18. The monoisotopic (exact) mass is 634 g/mol. The molecule has 5 aromatic carbocycles. The fourth-order valence-corrected chi connectivity index (χ4v) is 10.3. The lowest BCUT2D eigenvalue weighted by atomic mass is 9.94. The van der Waals surface area contributed by atoms with Gasteiger partial charge in [0.1, 0.15) is 5.58 Å². The van der Waals surface area contributed by atoms with Gasteiger partial charge in [0.05, 0.1) is 22.8 Å². The van der Waals surface area contributed by atoms with Crippen LogP contribution in [0.15, 0.2) is 132 Å². The van der Waals surface area contributed by atoms with Crippen LogP contribution in [0.5, 0.6) is 0 Å². The second kappa shape index (κ2) is 9.50. The van der Waals surface area contributed by atoms with Gasteiger partial charge in [0, 0.05) is 64.4 Å². The maximum atomic E-state index is 6.51. The molecule has 1 saturated carbocycles. The molecule has 228 valence electrons. The van der Waals surface area contributed by atoms with Crippen molar-refractivity contribution in [2.24, 2.45) is 5.92 Å². The number of allylic oxidation sites excluding steroid dienone is 1. The van der Waals surface area contributed by atoms with Crippen LogP contribution in [0.3, 0.4) is 0 Å². The van der Waals surface area contributed by atoms with E-state index in [2.05, 4.69) is 144 Å². The first-order valence-corrected chi connectivity index (χ1v) is 17.5. The fraction of sp³-hybridized carbons (Fsp3) is 0.0909. The predicted octanol–water partition coefficient (Wildman–Crippen LogP) is 8.30. The molecule has 3 aromatic heterocycles. The number of nitrogens with zero attached hydrogens (tertiary/aromatic N) is 2. The van der Waals surface area contributed by atoms with E-state index in [-0.39, 0.29) is 5.54 Å². The lowest BCUT2D eigenvalue weighted by Crippen LogP contribution is -2.39. The average Bonchev–Trinajstić information content (AvgIpc) is 3.36. The van der Waals surface area contributed by atoms with Crippen LogP contribution in [-0.2, 0) is 0 Å². The number of anilines is 2. The van der Waals surface area contributed by atoms with Crippen molar-refractivity contribution >= 4 is 89.5 Å². The molecule has 1 aliphatic heterocycles. The third-order valence-electron chi connectivity index (χ3n) is 10.8. The van der Waals surface area contributed by atoms with E-state index >= 15 is 0 Å². The van der Waals surface area contributed by atoms with Crippen molar-refractivity contribution < 1.29 is 4.42 Å². The smallest absolute Gasteiger partial charge is 0.151 e. The summed E-state index contributed by atoms with van der Waals surface area (Å²) in [5.74, 6) is 0.481. The van der Waals surface area contributed by atoms with Crippen molar-refractivity contribution in [3.8, 4) is 0 Å². The lowest BCUT2D eigenvalue weighted by Gasteiger charge is -2.30. The van der Waals surface area contributed by atoms with Gasteiger partial charge in [0.15, 0.2) is 5.42 Å². The van der Waals surface area contributed by atoms with E-state index in [0.29, 0.717) is 5.92 Å². The summed E-state index contributed by atoms with van der Waals surface area (Å²) in [6.45, 7) is 3.96. The maximum Gasteiger partial charge on any atom is 0.151 e. The molecule has 0 bridgehead atoms. The van der Waals surface area contributed by atoms with Crippen LogP contribution in [0.2, 0.25) is 0 Å². The zero-order valence-electron chi connectivity index (χ0n) is 26.2. The molecule has 48 heavy (non-hydrogen) atoms. The number of hydrogen-bond donors (Lipinski definition) is 0. The standard InChI is InChI=1S/C44H30N2OS/c1-2-3-15-30-29-16-9-12-21-38(29)47-39(30)26-45-35-19-10-7-17-32(35)40-37(45)23-22-31-34-24-27-25-44(27)41(43(34)48-42(31)40)33-18-8-11-20-36(33)46(44)28-13-5-4-6-14-28/h2,4-24,26-27H,1,3,25H2/b30-15-,39-26-. The largest absolute Gasteiger partial charge is 0.455 e. The van der Waals surface area contributed by atoms with Crippen LogP contribution in [0.25, 0.3) is 66.8 Å². The first-order chi connectivity index (χ1) is 23.8. The molecule has 3 aliphatic rings. The van der Waals surface area contributed by atoms with E-state index in [0.717, 1.165) is 34.4 Å². The molecule has 2 aliphatic carbocycles. The van der Waals surface area contributed by atoms with Crippen LogP contribution >= 0.6 is 11.3 Å². The molecule has 1 fully saturated rings. The molecule has 8 aromatic rings. The third kappa shape index (κ3) is 3.33. The minimum absolute atomic E-state index is 0.0144. The summed E-state index contributed by atoms with van der Waals surface area (Å²) in [6, 6.07) is 41.8. The molecule has 0 saturated heterocycles. The van der Waals surface area contributed by atoms with Crippen LogP contribution < -0.4 is 25.3 Å². The van der Waals surface area contributed by atoms with E-state index in [9.17, 15) is 0 Å². The van der Waals surface area contributed by atoms with Crippen molar-refractivity contribution in [2.75, 3.05) is 4.90 Å². The van der Waals surface area contributed by atoms with Crippen LogP contribution in [0, 0.1) is 5.92 Å². The van der Waals surface area contributed by atoms with Gasteiger partial charge < -0.3 is 13.9 Å². The summed E-state index contributed by atoms with van der Waals surface area (Å²) < 4.78 is 11.6. The van der Waals surface area contributed by atoms with Crippen molar-refractivity contribution in [1.82, 2.24) is 4.57 Å². The van der Waals surface area contributed by atoms with Gasteiger partial charge in [-0.05, 0) is 54.5 Å². The van der Waals surface area contributed by atoms with E-state index in [1.165, 1.54) is 64.2 Å². The van der Waals surface area contributed by atoms with Gasteiger partial charge >= 0.3 is 0 Å². The molecule has 0 N–H and O–H groups in total. The summed E-state index contributed by atoms with van der Waals surface area (Å²) in [5.41, 5.74) is 9.61. The highest BCUT2D eigenvalue weighted by Gasteiger charge is 2.65. The lowest BCUT2D eigenvalue weighted by molar-refractivity contribution is 0.573. The number of furan rings is 1. The van der Waals surface area contributed by atoms with Crippen LogP contribution in [-0.4, -0.2) is 10.1 Å². The summed E-state index contributed by atoms with van der Waals surface area (Å²) in [7, 11) is 0. The Morgan fingerprint density at radius 2 is 1.60 bits per heavy atom. The predicted molar refractivity (Wildman–Crippen MR) is 202 cm³/mol. The van der Waals surface area contributed by atoms with Crippen molar-refractivity contribution in [1.29, 1.82) is 0 Å². The SMILES string of the molecule is C=CC/C=c1\c(=C\n2c3ccccc3c3c4sc5c(c4ccc32)=CC2CC23C=5c2ccccc2N3c2ccccc2)oc2ccccc12. The second-order valence-electron chi connectivity index (χ2n) is 13.3. The van der Waals surface area contributed by atoms with Gasteiger partial charge in [-0.2, -0.15) is 0 Å². The number of aromatic nitrogens is 1. The van der Waals surface area contributed by atoms with Crippen molar-refractivity contribution in [2.45, 2.75) is 18.4 Å². The van der Waals surface area contributed by atoms with Gasteiger partial charge in [-0.25, -0.2) is 0 Å². The van der Waals surface area contributed by atoms with E-state index < -0.39 is 0 Å². The Hall–Kier alpha value is -5.58. The highest BCUT2D eigenvalue weighted by Crippen LogP contribution is 2.66. The summed E-state index contributed by atoms with van der Waals surface area (Å²) >= 11 is 1.98. The van der Waals surface area contributed by atoms with Gasteiger partial charge in [0.2, 0.25) is 0 Å². The Bertz CT molecular complexity index is 2940. The molecular formula is C44H30N2OS. The zero-order valence-corrected chi connectivity index (χ0v) is 27.0. The first-order valence-electron chi connectivity index (χ1n) is 16.7. The molecule has 11 rings (SSSR count). The highest BCUT2D eigenvalue weighted by atomic mass is 32.1. The Morgan fingerprint density at radius 1 is 0.812 bits per heavy atom. The van der Waals surface area contributed by atoms with Gasteiger partial charge in [0.25, 0.3) is 0 Å². The minimum atomic E-state index is -0.0144. The fourth-order valence-electron chi connectivity index (χ4n) is 8.78. The van der Waals surface area contributed by atoms with E-state index in [1.54, 1.807) is 0 Å². The molecule has 2 atom stereocenters. The van der Waals surface area contributed by atoms with Crippen molar-refractivity contribution in [3.05, 3.63) is 154 Å². The zero-order chi connectivity index (χ0) is 31.6. The third-order valence-corrected chi connectivity index (χ3v) is 12.1. The topological polar surface area (TPSA) is 21.3 Å². The maximum absolute atomic E-state index is 6.51. The molecule has 0 amide bonds. The second-order valence-corrected chi connectivity index (χ2v) is 14.3. The molecule has 4 heterocycles. The Labute approximate surface area is 280 Å². The van der Waals surface area contributed by atoms with Crippen LogP contribution in [0.1, 0.15) is 18.4 Å². The quantitative estimate of drug-likeness (QED) is 0.182. The number of para-hydroxylation sites is 4. The van der Waals surface area contributed by atoms with E-state index in [1.807, 2.05) is 23.5 Å². The number of thiophene rings is 1. The van der Waals surface area contributed by atoms with Gasteiger partial charge in [-0.15, -0.1) is 17.9 Å². The number of rotatable bonds is 4. The Balaban J connectivity index is 1.23. The molecule has 3 nitrogen and oxygen atoms in total. The summed E-state index contributed by atoms with van der Waals surface area (Å²) in [5, 5.41) is 7.59. The van der Waals surface area contributed by atoms with E-state index in [4.69, 9.17) is 4.42 Å². The van der Waals surface area contributed by atoms with Crippen LogP contribution in [0.4, 0.5) is 11.4 Å². The Kier molecular flexibility index (Phi) is 5.24. The average molecular weight is 635 g/mol.